The Bertz CT molecular complexity index is 1970. The summed E-state index contributed by atoms with van der Waals surface area (Å²) in [6.07, 6.45) is 6.91. The molecule has 44 heavy (non-hydrogen) atoms. The molecule has 0 N–H and O–H groups in total. The van der Waals surface area contributed by atoms with Crippen LogP contribution >= 0.6 is 0 Å². The van der Waals surface area contributed by atoms with E-state index in [4.69, 9.17) is 13.7 Å². The summed E-state index contributed by atoms with van der Waals surface area (Å²) in [5, 5.41) is 2.37. The predicted octanol–water partition coefficient (Wildman–Crippen LogP) is 9.27. The van der Waals surface area contributed by atoms with Crippen molar-refractivity contribution in [2.45, 2.75) is 76.4 Å². The quantitative estimate of drug-likeness (QED) is 0.196. The van der Waals surface area contributed by atoms with Crippen LogP contribution in [0.1, 0.15) is 70.9 Å². The fourth-order valence-corrected chi connectivity index (χ4v) is 10.5. The summed E-state index contributed by atoms with van der Waals surface area (Å²) >= 11 is 0. The summed E-state index contributed by atoms with van der Waals surface area (Å²) in [4.78, 5) is 0. The molecular weight excluding hydrogens is 539 g/mol. The van der Waals surface area contributed by atoms with Crippen LogP contribution in [0.3, 0.4) is 0 Å². The lowest BCUT2D eigenvalue weighted by Gasteiger charge is -2.61. The average Bonchev–Trinajstić information content (AvgIpc) is 3.59. The number of benzene rings is 4. The highest BCUT2D eigenvalue weighted by Crippen LogP contribution is 2.69. The van der Waals surface area contributed by atoms with Gasteiger partial charge in [-0.3, -0.25) is 0 Å². The first-order chi connectivity index (χ1) is 21.2. The van der Waals surface area contributed by atoms with E-state index in [1.54, 1.807) is 11.1 Å². The van der Waals surface area contributed by atoms with Crippen LogP contribution < -0.4 is 5.46 Å². The van der Waals surface area contributed by atoms with E-state index in [0.717, 1.165) is 23.0 Å². The van der Waals surface area contributed by atoms with Crippen molar-refractivity contribution >= 4 is 34.5 Å². The lowest BCUT2D eigenvalue weighted by Crippen LogP contribution is -2.55. The molecule has 4 saturated carbocycles. The van der Waals surface area contributed by atoms with Gasteiger partial charge in [-0.15, -0.1) is 0 Å². The van der Waals surface area contributed by atoms with Gasteiger partial charge in [-0.25, -0.2) is 0 Å². The third-order valence-corrected chi connectivity index (χ3v) is 12.9. The highest BCUT2D eigenvalue weighted by atomic mass is 16.7. The Morgan fingerprint density at radius 3 is 2.02 bits per heavy atom. The van der Waals surface area contributed by atoms with Gasteiger partial charge in [-0.2, -0.15) is 0 Å². The Kier molecular flexibility index (Phi) is 4.99. The van der Waals surface area contributed by atoms with Crippen molar-refractivity contribution in [3.05, 3.63) is 90.0 Å². The fraction of sp³-hybridized carbons (Fsp3) is 0.400. The zero-order chi connectivity index (χ0) is 29.6. The Labute approximate surface area is 260 Å². The Morgan fingerprint density at radius 2 is 1.27 bits per heavy atom. The van der Waals surface area contributed by atoms with Crippen molar-refractivity contribution in [1.82, 2.24) is 0 Å². The molecule has 4 bridgehead atoms. The van der Waals surface area contributed by atoms with Crippen molar-refractivity contribution in [3.63, 3.8) is 0 Å². The average molecular weight is 579 g/mol. The minimum atomic E-state index is -0.373. The van der Waals surface area contributed by atoms with Gasteiger partial charge in [0.25, 0.3) is 0 Å². The minimum Gasteiger partial charge on any atom is -0.456 e. The molecule has 6 aliphatic rings. The van der Waals surface area contributed by atoms with E-state index in [2.05, 4.69) is 100 Å². The molecule has 220 valence electrons. The largest absolute Gasteiger partial charge is 0.495 e. The van der Waals surface area contributed by atoms with Crippen molar-refractivity contribution in [2.24, 2.45) is 23.7 Å². The number of hydrogen-bond acceptors (Lipinski definition) is 3. The molecule has 4 heteroatoms. The summed E-state index contributed by atoms with van der Waals surface area (Å²) < 4.78 is 19.6. The van der Waals surface area contributed by atoms with Gasteiger partial charge in [0.15, 0.2) is 0 Å². The summed E-state index contributed by atoms with van der Waals surface area (Å²) in [6, 6.07) is 29.5. The molecule has 0 amide bonds. The lowest BCUT2D eigenvalue weighted by atomic mass is 9.43. The highest BCUT2D eigenvalue weighted by Gasteiger charge is 2.62. The lowest BCUT2D eigenvalue weighted by molar-refractivity contribution is -0.0399. The van der Waals surface area contributed by atoms with Crippen molar-refractivity contribution in [2.75, 3.05) is 0 Å². The molecule has 1 aromatic heterocycles. The normalized spacial score (nSPS) is 30.5. The maximum Gasteiger partial charge on any atom is 0.495 e. The van der Waals surface area contributed by atoms with Crippen LogP contribution in [0.15, 0.2) is 83.3 Å². The minimum absolute atomic E-state index is 0.0696. The third kappa shape index (κ3) is 3.21. The number of para-hydroxylation sites is 1. The molecule has 5 aliphatic carbocycles. The standard InChI is InChI=1S/C40H39BO3/c1-38(2)39(3,4)44-41(43-38)34-10-7-9-32-37(34)30-14-12-26(25-13-15-36-31(21-25)29-8-5-6-11-35(29)42-36)22-33(30)40(32)27-17-23-16-24(19-27)20-28(40)18-23/h5-15,21-24,27-28H,16-20H2,1-4H3. The molecule has 0 unspecified atom stereocenters. The van der Waals surface area contributed by atoms with Gasteiger partial charge in [0, 0.05) is 16.2 Å². The van der Waals surface area contributed by atoms with Crippen LogP contribution in [0.5, 0.6) is 0 Å². The van der Waals surface area contributed by atoms with Gasteiger partial charge in [-0.05, 0) is 147 Å². The molecule has 0 radical (unpaired) electrons. The van der Waals surface area contributed by atoms with E-state index in [-0.39, 0.29) is 23.7 Å². The second-order valence-corrected chi connectivity index (χ2v) is 15.6. The molecule has 5 fully saturated rings. The van der Waals surface area contributed by atoms with Crippen LogP contribution in [0.25, 0.3) is 44.2 Å². The van der Waals surface area contributed by atoms with Gasteiger partial charge in [0.05, 0.1) is 11.2 Å². The molecule has 4 aromatic carbocycles. The SMILES string of the molecule is CC1(C)OB(c2cccc3c2-c2ccc(-c4ccc5oc6ccccc6c5c4)cc2C32C3CC4CC(C3)CC2C4)OC1(C)C. The fourth-order valence-electron chi connectivity index (χ4n) is 10.5. The first-order valence-corrected chi connectivity index (χ1v) is 16.8. The summed E-state index contributed by atoms with van der Waals surface area (Å²) in [6.45, 7) is 8.65. The Morgan fingerprint density at radius 1 is 0.614 bits per heavy atom. The molecule has 1 spiro atoms. The van der Waals surface area contributed by atoms with Gasteiger partial charge in [0.1, 0.15) is 11.2 Å². The predicted molar refractivity (Wildman–Crippen MR) is 178 cm³/mol. The molecule has 1 aliphatic heterocycles. The zero-order valence-corrected chi connectivity index (χ0v) is 26.2. The molecule has 5 aromatic rings. The van der Waals surface area contributed by atoms with Crippen LogP contribution in [0, 0.1) is 23.7 Å². The van der Waals surface area contributed by atoms with Gasteiger partial charge >= 0.3 is 7.12 Å². The molecular formula is C40H39BO3. The smallest absolute Gasteiger partial charge is 0.456 e. The van der Waals surface area contributed by atoms with Crippen molar-refractivity contribution in [1.29, 1.82) is 0 Å². The van der Waals surface area contributed by atoms with E-state index in [0.29, 0.717) is 11.8 Å². The second kappa shape index (κ2) is 8.47. The van der Waals surface area contributed by atoms with E-state index < -0.39 is 0 Å². The van der Waals surface area contributed by atoms with E-state index in [1.165, 1.54) is 70.6 Å². The van der Waals surface area contributed by atoms with Gasteiger partial charge in [0.2, 0.25) is 0 Å². The monoisotopic (exact) mass is 578 g/mol. The van der Waals surface area contributed by atoms with Crippen LogP contribution in [0.2, 0.25) is 0 Å². The number of furan rings is 1. The van der Waals surface area contributed by atoms with E-state index in [1.807, 2.05) is 6.07 Å². The van der Waals surface area contributed by atoms with Crippen LogP contribution in [-0.4, -0.2) is 18.3 Å². The third-order valence-electron chi connectivity index (χ3n) is 12.9. The van der Waals surface area contributed by atoms with Crippen LogP contribution in [-0.2, 0) is 14.7 Å². The Balaban J connectivity index is 1.19. The summed E-state index contributed by atoms with van der Waals surface area (Å²) in [7, 11) is -0.369. The summed E-state index contributed by atoms with van der Waals surface area (Å²) in [5.41, 5.74) is 10.9. The molecule has 11 rings (SSSR count). The van der Waals surface area contributed by atoms with Gasteiger partial charge in [-0.1, -0.05) is 54.6 Å². The zero-order valence-electron chi connectivity index (χ0n) is 26.2. The molecule has 3 nitrogen and oxygen atoms in total. The second-order valence-electron chi connectivity index (χ2n) is 15.6. The maximum atomic E-state index is 6.71. The first kappa shape index (κ1) is 25.9. The molecule has 1 saturated heterocycles. The molecule has 0 atom stereocenters. The number of fused-ring (bicyclic) bond motifs is 6. The molecule has 2 heterocycles. The highest BCUT2D eigenvalue weighted by molar-refractivity contribution is 6.64. The first-order valence-electron chi connectivity index (χ1n) is 16.8. The topological polar surface area (TPSA) is 31.6 Å². The van der Waals surface area contributed by atoms with Crippen LogP contribution in [0.4, 0.5) is 0 Å². The van der Waals surface area contributed by atoms with Crippen molar-refractivity contribution in [3.8, 4) is 22.3 Å². The van der Waals surface area contributed by atoms with E-state index in [9.17, 15) is 0 Å². The summed E-state index contributed by atoms with van der Waals surface area (Å²) in [5.74, 6) is 3.20. The number of hydrogen-bond donors (Lipinski definition) is 0. The van der Waals surface area contributed by atoms with Crippen molar-refractivity contribution < 1.29 is 13.7 Å². The number of rotatable bonds is 2. The maximum absolute atomic E-state index is 6.71. The Hall–Kier alpha value is -3.34. The van der Waals surface area contributed by atoms with Gasteiger partial charge < -0.3 is 13.7 Å². The van der Waals surface area contributed by atoms with E-state index >= 15 is 0 Å².